The molecule has 0 aromatic carbocycles. The predicted octanol–water partition coefficient (Wildman–Crippen LogP) is 2.63. The number of rotatable bonds is 6. The number of hydrogen-bond donors (Lipinski definition) is 2. The molecule has 112 valence electrons. The molecule has 0 aromatic heterocycles. The van der Waals surface area contributed by atoms with Gasteiger partial charge in [0.1, 0.15) is 5.60 Å². The number of thioether (sulfide) groups is 1. The molecule has 4 nitrogen and oxygen atoms in total. The Bertz CT molecular complexity index is 286. The van der Waals surface area contributed by atoms with Crippen molar-refractivity contribution in [3.05, 3.63) is 0 Å². The van der Waals surface area contributed by atoms with Crippen LogP contribution >= 0.6 is 11.8 Å². The second kappa shape index (κ2) is 7.39. The van der Waals surface area contributed by atoms with Crippen LogP contribution in [0.15, 0.2) is 0 Å². The van der Waals surface area contributed by atoms with Crippen LogP contribution in [0.4, 0.5) is 4.79 Å². The lowest BCUT2D eigenvalue weighted by atomic mass is 9.86. The maximum absolute atomic E-state index is 11.6. The molecule has 1 rings (SSSR count). The third-order valence-electron chi connectivity index (χ3n) is 3.07. The fraction of sp³-hybridized carbons (Fsp3) is 0.929. The minimum atomic E-state index is -0.418. The van der Waals surface area contributed by atoms with Crippen LogP contribution in [-0.2, 0) is 4.74 Å². The van der Waals surface area contributed by atoms with E-state index < -0.39 is 5.60 Å². The van der Waals surface area contributed by atoms with Gasteiger partial charge < -0.3 is 15.4 Å². The van der Waals surface area contributed by atoms with Gasteiger partial charge in [0, 0.05) is 12.1 Å². The first-order chi connectivity index (χ1) is 8.80. The van der Waals surface area contributed by atoms with Gasteiger partial charge in [-0.15, -0.1) is 0 Å². The van der Waals surface area contributed by atoms with Crippen molar-refractivity contribution in [2.24, 2.45) is 5.92 Å². The molecule has 0 radical (unpaired) electrons. The van der Waals surface area contributed by atoms with E-state index in [0.29, 0.717) is 12.0 Å². The van der Waals surface area contributed by atoms with Crippen LogP contribution in [0.25, 0.3) is 0 Å². The molecule has 0 heterocycles. The zero-order valence-corrected chi connectivity index (χ0v) is 13.6. The molecule has 1 aliphatic rings. The van der Waals surface area contributed by atoms with Crippen molar-refractivity contribution in [3.8, 4) is 0 Å². The summed E-state index contributed by atoms with van der Waals surface area (Å²) < 4.78 is 5.24. The van der Waals surface area contributed by atoms with E-state index in [1.807, 2.05) is 32.5 Å². The van der Waals surface area contributed by atoms with Crippen LogP contribution in [0.3, 0.4) is 0 Å². The lowest BCUT2D eigenvalue weighted by Crippen LogP contribution is -2.53. The maximum atomic E-state index is 11.6. The predicted molar refractivity (Wildman–Crippen MR) is 81.7 cm³/mol. The molecule has 2 N–H and O–H groups in total. The molecule has 5 heteroatoms. The third kappa shape index (κ3) is 7.06. The number of carbonyl (C=O) groups excluding carboxylic acids is 1. The van der Waals surface area contributed by atoms with E-state index in [9.17, 15) is 4.79 Å². The standard InChI is InChI=1S/C14H28N2O2S/c1-10(9-19-5)8-15-11-6-12(7-11)16-13(17)18-14(2,3)4/h10-12,15H,6-9H2,1-5H3,(H,16,17). The largest absolute Gasteiger partial charge is 0.444 e. The lowest BCUT2D eigenvalue weighted by Gasteiger charge is -2.37. The third-order valence-corrected chi connectivity index (χ3v) is 3.97. The fourth-order valence-electron chi connectivity index (χ4n) is 2.09. The number of nitrogens with one attached hydrogen (secondary N) is 2. The van der Waals surface area contributed by atoms with E-state index in [1.54, 1.807) is 0 Å². The summed E-state index contributed by atoms with van der Waals surface area (Å²) >= 11 is 1.89. The van der Waals surface area contributed by atoms with Crippen molar-refractivity contribution in [1.29, 1.82) is 0 Å². The number of amides is 1. The van der Waals surface area contributed by atoms with Crippen molar-refractivity contribution in [1.82, 2.24) is 10.6 Å². The minimum Gasteiger partial charge on any atom is -0.444 e. The fourth-order valence-corrected chi connectivity index (χ4v) is 2.77. The van der Waals surface area contributed by atoms with Crippen LogP contribution in [0, 0.1) is 5.92 Å². The molecule has 0 spiro atoms. The van der Waals surface area contributed by atoms with E-state index in [4.69, 9.17) is 4.74 Å². The smallest absolute Gasteiger partial charge is 0.407 e. The van der Waals surface area contributed by atoms with Gasteiger partial charge in [0.15, 0.2) is 0 Å². The molecular formula is C14H28N2O2S. The normalized spacial score (nSPS) is 24.5. The van der Waals surface area contributed by atoms with Crippen molar-refractivity contribution < 1.29 is 9.53 Å². The molecule has 1 fully saturated rings. The van der Waals surface area contributed by atoms with Gasteiger partial charge in [-0.05, 0) is 58.1 Å². The first-order valence-electron chi connectivity index (χ1n) is 7.02. The van der Waals surface area contributed by atoms with E-state index >= 15 is 0 Å². The second-order valence-corrected chi connectivity index (χ2v) is 7.39. The monoisotopic (exact) mass is 288 g/mol. The number of carbonyl (C=O) groups is 1. The number of alkyl carbamates (subject to hydrolysis) is 1. The van der Waals surface area contributed by atoms with Gasteiger partial charge in [-0.2, -0.15) is 11.8 Å². The molecule has 1 unspecified atom stereocenters. The Morgan fingerprint density at radius 2 is 2.00 bits per heavy atom. The molecular weight excluding hydrogens is 260 g/mol. The topological polar surface area (TPSA) is 50.4 Å². The Morgan fingerprint density at radius 3 is 2.53 bits per heavy atom. The number of hydrogen-bond acceptors (Lipinski definition) is 4. The molecule has 1 saturated carbocycles. The summed E-state index contributed by atoms with van der Waals surface area (Å²) in [5.41, 5.74) is -0.418. The summed E-state index contributed by atoms with van der Waals surface area (Å²) in [6, 6.07) is 0.812. The molecule has 1 aliphatic carbocycles. The van der Waals surface area contributed by atoms with Gasteiger partial charge in [-0.1, -0.05) is 6.92 Å². The summed E-state index contributed by atoms with van der Waals surface area (Å²) in [6.07, 6.45) is 3.85. The van der Waals surface area contributed by atoms with Gasteiger partial charge in [0.2, 0.25) is 0 Å². The average molecular weight is 288 g/mol. The summed E-state index contributed by atoms with van der Waals surface area (Å²) in [5.74, 6) is 1.90. The minimum absolute atomic E-state index is 0.267. The molecule has 0 aromatic rings. The van der Waals surface area contributed by atoms with Gasteiger partial charge in [-0.25, -0.2) is 4.79 Å². The van der Waals surface area contributed by atoms with Crippen molar-refractivity contribution in [3.63, 3.8) is 0 Å². The molecule has 1 atom stereocenters. The van der Waals surface area contributed by atoms with Crippen LogP contribution in [0.2, 0.25) is 0 Å². The SMILES string of the molecule is CSCC(C)CNC1CC(NC(=O)OC(C)(C)C)C1. The van der Waals surface area contributed by atoms with Crippen LogP contribution < -0.4 is 10.6 Å². The summed E-state index contributed by atoms with van der Waals surface area (Å²) in [6.45, 7) is 8.96. The summed E-state index contributed by atoms with van der Waals surface area (Å²) in [4.78, 5) is 11.6. The Labute approximate surface area is 121 Å². The Hall–Kier alpha value is -0.420. The van der Waals surface area contributed by atoms with Crippen molar-refractivity contribution in [2.75, 3.05) is 18.6 Å². The first-order valence-corrected chi connectivity index (χ1v) is 8.41. The van der Waals surface area contributed by atoms with Gasteiger partial charge in [0.25, 0.3) is 0 Å². The Morgan fingerprint density at radius 1 is 1.37 bits per heavy atom. The van der Waals surface area contributed by atoms with Gasteiger partial charge in [0.05, 0.1) is 0 Å². The van der Waals surface area contributed by atoms with Crippen molar-refractivity contribution >= 4 is 17.9 Å². The average Bonchev–Trinajstić information content (AvgIpc) is 2.18. The quantitative estimate of drug-likeness (QED) is 0.789. The second-order valence-electron chi connectivity index (χ2n) is 6.48. The summed E-state index contributed by atoms with van der Waals surface area (Å²) in [7, 11) is 0. The van der Waals surface area contributed by atoms with E-state index in [-0.39, 0.29) is 12.1 Å². The maximum Gasteiger partial charge on any atom is 0.407 e. The highest BCUT2D eigenvalue weighted by Gasteiger charge is 2.31. The first kappa shape index (κ1) is 16.6. The highest BCUT2D eigenvalue weighted by molar-refractivity contribution is 7.98. The van der Waals surface area contributed by atoms with E-state index in [2.05, 4.69) is 23.8 Å². The number of ether oxygens (including phenoxy) is 1. The lowest BCUT2D eigenvalue weighted by molar-refractivity contribution is 0.0465. The molecule has 0 saturated heterocycles. The summed E-state index contributed by atoms with van der Waals surface area (Å²) in [5, 5.41) is 6.46. The van der Waals surface area contributed by atoms with Gasteiger partial charge in [-0.3, -0.25) is 0 Å². The Kier molecular flexibility index (Phi) is 6.47. The molecule has 19 heavy (non-hydrogen) atoms. The van der Waals surface area contributed by atoms with Gasteiger partial charge >= 0.3 is 6.09 Å². The van der Waals surface area contributed by atoms with Crippen LogP contribution in [0.1, 0.15) is 40.5 Å². The highest BCUT2D eigenvalue weighted by Crippen LogP contribution is 2.21. The zero-order valence-electron chi connectivity index (χ0n) is 12.8. The zero-order chi connectivity index (χ0) is 14.5. The molecule has 0 bridgehead atoms. The molecule has 0 aliphatic heterocycles. The molecule has 1 amide bonds. The highest BCUT2D eigenvalue weighted by atomic mass is 32.2. The Balaban J connectivity index is 2.08. The van der Waals surface area contributed by atoms with E-state index in [0.717, 1.165) is 19.4 Å². The van der Waals surface area contributed by atoms with Crippen LogP contribution in [-0.4, -0.2) is 42.3 Å². The van der Waals surface area contributed by atoms with Crippen molar-refractivity contribution in [2.45, 2.75) is 58.2 Å². The van der Waals surface area contributed by atoms with E-state index in [1.165, 1.54) is 5.75 Å². The van der Waals surface area contributed by atoms with Crippen LogP contribution in [0.5, 0.6) is 0 Å².